The van der Waals surface area contributed by atoms with Crippen molar-refractivity contribution < 1.29 is 4.42 Å². The van der Waals surface area contributed by atoms with E-state index in [0.717, 1.165) is 30.0 Å². The lowest BCUT2D eigenvalue weighted by molar-refractivity contribution is 0.132. The van der Waals surface area contributed by atoms with Crippen molar-refractivity contribution in [3.05, 3.63) is 23.2 Å². The van der Waals surface area contributed by atoms with Crippen LogP contribution in [0.1, 0.15) is 44.3 Å². The molecule has 0 saturated heterocycles. The second kappa shape index (κ2) is 5.02. The standard InChI is InChI=1S/C13H24N2O/c1-6-13(3,4)15(5)9-11-7-10(2)12(8-14)16-11/h7H,6,8-9,14H2,1-5H3. The summed E-state index contributed by atoms with van der Waals surface area (Å²) in [6, 6.07) is 2.09. The van der Waals surface area contributed by atoms with Crippen molar-refractivity contribution in [1.82, 2.24) is 4.90 Å². The zero-order valence-corrected chi connectivity index (χ0v) is 11.1. The molecule has 0 atom stereocenters. The van der Waals surface area contributed by atoms with E-state index in [9.17, 15) is 0 Å². The van der Waals surface area contributed by atoms with Gasteiger partial charge < -0.3 is 10.2 Å². The van der Waals surface area contributed by atoms with Gasteiger partial charge in [-0.25, -0.2) is 0 Å². The summed E-state index contributed by atoms with van der Waals surface area (Å²) in [7, 11) is 2.13. The minimum atomic E-state index is 0.198. The van der Waals surface area contributed by atoms with Crippen molar-refractivity contribution in [3.8, 4) is 0 Å². The molecule has 0 bridgehead atoms. The first kappa shape index (κ1) is 13.3. The summed E-state index contributed by atoms with van der Waals surface area (Å²) in [5, 5.41) is 0. The van der Waals surface area contributed by atoms with Crippen molar-refractivity contribution in [3.63, 3.8) is 0 Å². The molecule has 1 aromatic rings. The predicted octanol–water partition coefficient (Wildman–Crippen LogP) is 2.67. The lowest BCUT2D eigenvalue weighted by Gasteiger charge is -2.34. The maximum absolute atomic E-state index is 5.71. The Morgan fingerprint density at radius 1 is 1.44 bits per heavy atom. The van der Waals surface area contributed by atoms with Gasteiger partial charge >= 0.3 is 0 Å². The van der Waals surface area contributed by atoms with E-state index in [1.165, 1.54) is 0 Å². The molecule has 0 amide bonds. The maximum atomic E-state index is 5.71. The van der Waals surface area contributed by atoms with E-state index >= 15 is 0 Å². The number of hydrogen-bond acceptors (Lipinski definition) is 3. The molecular weight excluding hydrogens is 200 g/mol. The molecule has 0 fully saturated rings. The van der Waals surface area contributed by atoms with Crippen LogP contribution < -0.4 is 5.73 Å². The van der Waals surface area contributed by atoms with Crippen LogP contribution in [0.15, 0.2) is 10.5 Å². The van der Waals surface area contributed by atoms with Gasteiger partial charge in [0.05, 0.1) is 13.1 Å². The second-order valence-electron chi connectivity index (χ2n) is 5.05. The van der Waals surface area contributed by atoms with Gasteiger partial charge in [-0.2, -0.15) is 0 Å². The van der Waals surface area contributed by atoms with E-state index in [2.05, 4.69) is 38.8 Å². The third kappa shape index (κ3) is 2.86. The molecule has 0 aliphatic heterocycles. The predicted molar refractivity (Wildman–Crippen MR) is 67.2 cm³/mol. The summed E-state index contributed by atoms with van der Waals surface area (Å²) in [4.78, 5) is 2.31. The molecule has 0 saturated carbocycles. The molecule has 0 aliphatic rings. The highest BCUT2D eigenvalue weighted by atomic mass is 16.3. The molecule has 92 valence electrons. The summed E-state index contributed by atoms with van der Waals surface area (Å²) in [6.07, 6.45) is 1.12. The number of rotatable bonds is 5. The van der Waals surface area contributed by atoms with E-state index in [0.29, 0.717) is 6.54 Å². The van der Waals surface area contributed by atoms with Gasteiger partial charge in [0.15, 0.2) is 0 Å². The van der Waals surface area contributed by atoms with Crippen LogP contribution in [0.2, 0.25) is 0 Å². The van der Waals surface area contributed by atoms with Gasteiger partial charge in [0.1, 0.15) is 11.5 Å². The summed E-state index contributed by atoms with van der Waals surface area (Å²) < 4.78 is 5.71. The fourth-order valence-corrected chi connectivity index (χ4v) is 1.59. The molecule has 1 aromatic heterocycles. The molecule has 0 aromatic carbocycles. The van der Waals surface area contributed by atoms with Gasteiger partial charge in [-0.05, 0) is 45.9 Å². The van der Waals surface area contributed by atoms with Crippen LogP contribution in [0, 0.1) is 6.92 Å². The van der Waals surface area contributed by atoms with E-state index in [1.54, 1.807) is 0 Å². The normalized spacial score (nSPS) is 12.4. The quantitative estimate of drug-likeness (QED) is 0.836. The third-order valence-corrected chi connectivity index (χ3v) is 3.55. The highest BCUT2D eigenvalue weighted by molar-refractivity contribution is 5.19. The second-order valence-corrected chi connectivity index (χ2v) is 5.05. The maximum Gasteiger partial charge on any atom is 0.120 e. The van der Waals surface area contributed by atoms with Gasteiger partial charge in [0.25, 0.3) is 0 Å². The number of nitrogens with two attached hydrogens (primary N) is 1. The molecule has 1 heterocycles. The Balaban J connectivity index is 2.73. The van der Waals surface area contributed by atoms with Gasteiger partial charge in [-0.3, -0.25) is 4.90 Å². The third-order valence-electron chi connectivity index (χ3n) is 3.55. The molecule has 0 spiro atoms. The fraction of sp³-hybridized carbons (Fsp3) is 0.692. The first-order valence-corrected chi connectivity index (χ1v) is 5.90. The molecule has 0 aliphatic carbocycles. The average molecular weight is 224 g/mol. The Morgan fingerprint density at radius 3 is 2.50 bits per heavy atom. The summed E-state index contributed by atoms with van der Waals surface area (Å²) in [5.74, 6) is 1.90. The molecule has 3 nitrogen and oxygen atoms in total. The smallest absolute Gasteiger partial charge is 0.120 e. The van der Waals surface area contributed by atoms with Crippen molar-refractivity contribution in [2.75, 3.05) is 7.05 Å². The first-order valence-electron chi connectivity index (χ1n) is 5.90. The molecule has 0 unspecified atom stereocenters. The van der Waals surface area contributed by atoms with Gasteiger partial charge in [-0.15, -0.1) is 0 Å². The molecular formula is C13H24N2O. The Kier molecular flexibility index (Phi) is 4.16. The summed E-state index contributed by atoms with van der Waals surface area (Å²) >= 11 is 0. The fourth-order valence-electron chi connectivity index (χ4n) is 1.59. The van der Waals surface area contributed by atoms with Crippen LogP contribution in [-0.4, -0.2) is 17.5 Å². The van der Waals surface area contributed by atoms with Crippen LogP contribution in [0.25, 0.3) is 0 Å². The lowest BCUT2D eigenvalue weighted by Crippen LogP contribution is -2.39. The summed E-state index contributed by atoms with van der Waals surface area (Å²) in [6.45, 7) is 10.0. The van der Waals surface area contributed by atoms with Crippen LogP contribution in [0.3, 0.4) is 0 Å². The Labute approximate surface area is 98.6 Å². The van der Waals surface area contributed by atoms with Crippen molar-refractivity contribution in [2.45, 2.75) is 52.7 Å². The minimum absolute atomic E-state index is 0.198. The van der Waals surface area contributed by atoms with E-state index < -0.39 is 0 Å². The topological polar surface area (TPSA) is 42.4 Å². The van der Waals surface area contributed by atoms with E-state index in [4.69, 9.17) is 10.2 Å². The number of aryl methyl sites for hydroxylation is 1. The largest absolute Gasteiger partial charge is 0.463 e. The average Bonchev–Trinajstić information content (AvgIpc) is 2.58. The van der Waals surface area contributed by atoms with Crippen molar-refractivity contribution in [2.24, 2.45) is 5.73 Å². The highest BCUT2D eigenvalue weighted by Gasteiger charge is 2.22. The highest BCUT2D eigenvalue weighted by Crippen LogP contribution is 2.21. The summed E-state index contributed by atoms with van der Waals surface area (Å²) in [5.41, 5.74) is 6.95. The zero-order chi connectivity index (χ0) is 12.3. The van der Waals surface area contributed by atoms with Crippen molar-refractivity contribution >= 4 is 0 Å². The number of hydrogen-bond donors (Lipinski definition) is 1. The SMILES string of the molecule is CCC(C)(C)N(C)Cc1cc(C)c(CN)o1. The molecule has 16 heavy (non-hydrogen) atoms. The van der Waals surface area contributed by atoms with Gasteiger partial charge in [0.2, 0.25) is 0 Å². The van der Waals surface area contributed by atoms with Crippen LogP contribution in [0.4, 0.5) is 0 Å². The number of nitrogens with zero attached hydrogens (tertiary/aromatic N) is 1. The first-order chi connectivity index (χ1) is 7.40. The number of furan rings is 1. The lowest BCUT2D eigenvalue weighted by atomic mass is 10.00. The van der Waals surface area contributed by atoms with Crippen molar-refractivity contribution in [1.29, 1.82) is 0 Å². The minimum Gasteiger partial charge on any atom is -0.463 e. The molecule has 2 N–H and O–H groups in total. The monoisotopic (exact) mass is 224 g/mol. The van der Waals surface area contributed by atoms with Crippen LogP contribution in [-0.2, 0) is 13.1 Å². The Morgan fingerprint density at radius 2 is 2.06 bits per heavy atom. The van der Waals surface area contributed by atoms with E-state index in [-0.39, 0.29) is 5.54 Å². The Hall–Kier alpha value is -0.800. The molecule has 3 heteroatoms. The van der Waals surface area contributed by atoms with Gasteiger partial charge in [-0.1, -0.05) is 6.92 Å². The van der Waals surface area contributed by atoms with Gasteiger partial charge in [0, 0.05) is 5.54 Å². The van der Waals surface area contributed by atoms with Crippen LogP contribution in [0.5, 0.6) is 0 Å². The zero-order valence-electron chi connectivity index (χ0n) is 11.1. The van der Waals surface area contributed by atoms with E-state index in [1.807, 2.05) is 6.92 Å². The molecule has 1 rings (SSSR count). The Bertz CT molecular complexity index is 342. The van der Waals surface area contributed by atoms with Crippen LogP contribution >= 0.6 is 0 Å². The molecule has 0 radical (unpaired) electrons.